The van der Waals surface area contributed by atoms with Crippen molar-refractivity contribution in [3.05, 3.63) is 35.4 Å². The lowest BCUT2D eigenvalue weighted by molar-refractivity contribution is 1.13. The number of benzene rings is 1. The highest BCUT2D eigenvalue weighted by atomic mass is 14.0. The Labute approximate surface area is 68.3 Å². The molecule has 0 heteroatoms. The Bertz CT molecular complexity index is 286. The molecule has 56 valence electrons. The van der Waals surface area contributed by atoms with Crippen LogP contribution in [-0.4, -0.2) is 0 Å². The van der Waals surface area contributed by atoms with Gasteiger partial charge in [0.25, 0.3) is 0 Å². The molecular weight excluding hydrogens is 132 g/mol. The molecule has 0 saturated carbocycles. The fourth-order valence-electron chi connectivity index (χ4n) is 1.09. The number of hydrogen-bond acceptors (Lipinski definition) is 0. The van der Waals surface area contributed by atoms with Crippen molar-refractivity contribution in [1.82, 2.24) is 0 Å². The van der Waals surface area contributed by atoms with E-state index in [1.165, 1.54) is 5.56 Å². The van der Waals surface area contributed by atoms with Crippen molar-refractivity contribution in [2.45, 2.75) is 20.3 Å². The molecule has 0 aliphatic heterocycles. The second-order valence-electron chi connectivity index (χ2n) is 2.39. The van der Waals surface area contributed by atoms with E-state index in [1.54, 1.807) is 0 Å². The standard InChI is InChI=1S/C11H12/c1-3-7-11-9-6-5-8-10(11)4-2/h5-6,8-9H,4H2,1-2H3. The Morgan fingerprint density at radius 3 is 2.64 bits per heavy atom. The largest absolute Gasteiger partial charge is 0.101 e. The van der Waals surface area contributed by atoms with Gasteiger partial charge in [0, 0.05) is 5.56 Å². The van der Waals surface area contributed by atoms with Crippen LogP contribution in [0.1, 0.15) is 25.0 Å². The molecule has 0 amide bonds. The third-order valence-corrected chi connectivity index (χ3v) is 1.66. The van der Waals surface area contributed by atoms with Crippen LogP contribution in [-0.2, 0) is 6.42 Å². The zero-order chi connectivity index (χ0) is 8.10. The molecule has 1 aromatic carbocycles. The van der Waals surface area contributed by atoms with Crippen molar-refractivity contribution < 1.29 is 0 Å². The van der Waals surface area contributed by atoms with Gasteiger partial charge in [0.2, 0.25) is 0 Å². The molecule has 1 rings (SSSR count). The maximum Gasteiger partial charge on any atom is 0.0277 e. The van der Waals surface area contributed by atoms with Crippen molar-refractivity contribution in [3.8, 4) is 11.8 Å². The van der Waals surface area contributed by atoms with E-state index in [-0.39, 0.29) is 0 Å². The topological polar surface area (TPSA) is 0 Å². The second kappa shape index (κ2) is 3.83. The van der Waals surface area contributed by atoms with Crippen molar-refractivity contribution in [3.63, 3.8) is 0 Å². The lowest BCUT2D eigenvalue weighted by Gasteiger charge is -1.98. The van der Waals surface area contributed by atoms with Crippen LogP contribution < -0.4 is 0 Å². The van der Waals surface area contributed by atoms with Gasteiger partial charge in [0.1, 0.15) is 0 Å². The van der Waals surface area contributed by atoms with Crippen LogP contribution in [0.2, 0.25) is 0 Å². The van der Waals surface area contributed by atoms with Gasteiger partial charge in [-0.05, 0) is 25.0 Å². The highest BCUT2D eigenvalue weighted by Gasteiger charge is 1.93. The van der Waals surface area contributed by atoms with Gasteiger partial charge in [-0.2, -0.15) is 0 Å². The van der Waals surface area contributed by atoms with Crippen molar-refractivity contribution in [1.29, 1.82) is 0 Å². The van der Waals surface area contributed by atoms with Crippen LogP contribution in [0.4, 0.5) is 0 Å². The van der Waals surface area contributed by atoms with Crippen molar-refractivity contribution in [2.75, 3.05) is 0 Å². The molecular formula is C11H12. The number of hydrogen-bond donors (Lipinski definition) is 0. The smallest absolute Gasteiger partial charge is 0.0277 e. The van der Waals surface area contributed by atoms with E-state index in [0.717, 1.165) is 12.0 Å². The molecule has 0 bridgehead atoms. The van der Waals surface area contributed by atoms with Gasteiger partial charge in [0.15, 0.2) is 0 Å². The van der Waals surface area contributed by atoms with E-state index in [2.05, 4.69) is 37.0 Å². The lowest BCUT2D eigenvalue weighted by Crippen LogP contribution is -1.84. The molecule has 0 heterocycles. The monoisotopic (exact) mass is 144 g/mol. The highest BCUT2D eigenvalue weighted by Crippen LogP contribution is 2.06. The van der Waals surface area contributed by atoms with Crippen LogP contribution in [0.15, 0.2) is 24.3 Å². The summed E-state index contributed by atoms with van der Waals surface area (Å²) in [6.45, 7) is 4.02. The Morgan fingerprint density at radius 1 is 1.27 bits per heavy atom. The Kier molecular flexibility index (Phi) is 2.74. The molecule has 0 spiro atoms. The molecule has 0 fully saturated rings. The summed E-state index contributed by atoms with van der Waals surface area (Å²) in [6, 6.07) is 8.27. The summed E-state index contributed by atoms with van der Waals surface area (Å²) in [5, 5.41) is 0. The molecule has 0 saturated heterocycles. The summed E-state index contributed by atoms with van der Waals surface area (Å²) in [6.07, 6.45) is 1.06. The summed E-state index contributed by atoms with van der Waals surface area (Å²) in [4.78, 5) is 0. The van der Waals surface area contributed by atoms with E-state index < -0.39 is 0 Å². The molecule has 0 aliphatic carbocycles. The van der Waals surface area contributed by atoms with Crippen LogP contribution in [0.3, 0.4) is 0 Å². The Balaban J connectivity index is 3.09. The van der Waals surface area contributed by atoms with Gasteiger partial charge >= 0.3 is 0 Å². The number of rotatable bonds is 1. The molecule has 0 aliphatic rings. The molecule has 0 unspecified atom stereocenters. The molecule has 11 heavy (non-hydrogen) atoms. The predicted molar refractivity (Wildman–Crippen MR) is 48.4 cm³/mol. The second-order valence-corrected chi connectivity index (χ2v) is 2.39. The van der Waals surface area contributed by atoms with Gasteiger partial charge in [-0.25, -0.2) is 0 Å². The third kappa shape index (κ3) is 1.85. The molecule has 1 aromatic rings. The molecule has 0 aromatic heterocycles. The fraction of sp³-hybridized carbons (Fsp3) is 0.273. The van der Waals surface area contributed by atoms with Crippen LogP contribution in [0, 0.1) is 11.8 Å². The first-order valence-corrected chi connectivity index (χ1v) is 3.89. The van der Waals surface area contributed by atoms with Crippen LogP contribution in [0.25, 0.3) is 0 Å². The molecule has 0 N–H and O–H groups in total. The van der Waals surface area contributed by atoms with E-state index >= 15 is 0 Å². The van der Waals surface area contributed by atoms with E-state index in [0.29, 0.717) is 0 Å². The van der Waals surface area contributed by atoms with Crippen molar-refractivity contribution >= 4 is 0 Å². The lowest BCUT2D eigenvalue weighted by atomic mass is 10.1. The molecule has 0 nitrogen and oxygen atoms in total. The van der Waals surface area contributed by atoms with Crippen molar-refractivity contribution in [2.24, 2.45) is 0 Å². The van der Waals surface area contributed by atoms with Gasteiger partial charge in [-0.15, -0.1) is 5.92 Å². The minimum Gasteiger partial charge on any atom is -0.101 e. The summed E-state index contributed by atoms with van der Waals surface area (Å²) < 4.78 is 0. The zero-order valence-electron chi connectivity index (χ0n) is 7.02. The molecule has 0 atom stereocenters. The summed E-state index contributed by atoms with van der Waals surface area (Å²) in [5.41, 5.74) is 2.50. The van der Waals surface area contributed by atoms with E-state index in [1.807, 2.05) is 13.0 Å². The minimum absolute atomic E-state index is 1.06. The summed E-state index contributed by atoms with van der Waals surface area (Å²) >= 11 is 0. The van der Waals surface area contributed by atoms with E-state index in [9.17, 15) is 0 Å². The Morgan fingerprint density at radius 2 is 2.00 bits per heavy atom. The number of aryl methyl sites for hydroxylation is 1. The Hall–Kier alpha value is -1.22. The SMILES string of the molecule is CC#Cc1ccccc1CC. The maximum atomic E-state index is 3.08. The first-order chi connectivity index (χ1) is 5.38. The normalized spacial score (nSPS) is 8.55. The fourth-order valence-corrected chi connectivity index (χ4v) is 1.09. The van der Waals surface area contributed by atoms with Gasteiger partial charge < -0.3 is 0 Å². The summed E-state index contributed by atoms with van der Waals surface area (Å²) in [7, 11) is 0. The average molecular weight is 144 g/mol. The zero-order valence-corrected chi connectivity index (χ0v) is 7.02. The average Bonchev–Trinajstić information content (AvgIpc) is 2.06. The predicted octanol–water partition coefficient (Wildman–Crippen LogP) is 2.62. The third-order valence-electron chi connectivity index (χ3n) is 1.66. The first-order valence-electron chi connectivity index (χ1n) is 3.89. The van der Waals surface area contributed by atoms with Gasteiger partial charge in [-0.1, -0.05) is 31.0 Å². The maximum absolute atomic E-state index is 3.08. The quantitative estimate of drug-likeness (QED) is 0.531. The van der Waals surface area contributed by atoms with Gasteiger partial charge in [0.05, 0.1) is 0 Å². The first kappa shape index (κ1) is 7.88. The minimum atomic E-state index is 1.06. The van der Waals surface area contributed by atoms with Gasteiger partial charge in [-0.3, -0.25) is 0 Å². The van der Waals surface area contributed by atoms with E-state index in [4.69, 9.17) is 0 Å². The molecule has 0 radical (unpaired) electrons. The van der Waals surface area contributed by atoms with Crippen LogP contribution in [0.5, 0.6) is 0 Å². The highest BCUT2D eigenvalue weighted by molar-refractivity contribution is 5.40. The summed E-state index contributed by atoms with van der Waals surface area (Å²) in [5.74, 6) is 5.99. The van der Waals surface area contributed by atoms with Crippen LogP contribution >= 0.6 is 0 Å².